The van der Waals surface area contributed by atoms with E-state index in [1.54, 1.807) is 12.2 Å². The third-order valence-corrected chi connectivity index (χ3v) is 6.80. The van der Waals surface area contributed by atoms with Gasteiger partial charge in [-0.25, -0.2) is 14.9 Å². The molecule has 2 spiro atoms. The van der Waals surface area contributed by atoms with E-state index in [1.807, 2.05) is 19.2 Å². The molecule has 0 aromatic heterocycles. The highest BCUT2D eigenvalue weighted by Crippen LogP contribution is 2.62. The maximum atomic E-state index is 6.46. The van der Waals surface area contributed by atoms with Crippen LogP contribution >= 0.6 is 0 Å². The third-order valence-electron chi connectivity index (χ3n) is 6.80. The van der Waals surface area contributed by atoms with Gasteiger partial charge in [-0.3, -0.25) is 0 Å². The third kappa shape index (κ3) is 2.39. The fourth-order valence-corrected chi connectivity index (χ4v) is 5.36. The lowest BCUT2D eigenvalue weighted by molar-refractivity contribution is -0.228. The zero-order chi connectivity index (χ0) is 19.4. The van der Waals surface area contributed by atoms with Crippen LogP contribution in [-0.2, 0) is 17.0 Å². The second kappa shape index (κ2) is 6.24. The first kappa shape index (κ1) is 17.6. The molecule has 1 saturated carbocycles. The van der Waals surface area contributed by atoms with Crippen LogP contribution in [0.2, 0.25) is 0 Å². The van der Waals surface area contributed by atoms with Gasteiger partial charge in [-0.05, 0) is 54.2 Å². The molecule has 0 saturated heterocycles. The highest BCUT2D eigenvalue weighted by molar-refractivity contribution is 5.79. The van der Waals surface area contributed by atoms with Gasteiger partial charge < -0.3 is 10.5 Å². The average Bonchev–Trinajstić information content (AvgIpc) is 3.16. The first-order valence-corrected chi connectivity index (χ1v) is 10.1. The summed E-state index contributed by atoms with van der Waals surface area (Å²) in [4.78, 5) is 11.4. The monoisotopic (exact) mass is 377 g/mol. The number of aliphatic imine (C=N–C) groups is 1. The van der Waals surface area contributed by atoms with E-state index >= 15 is 0 Å². The van der Waals surface area contributed by atoms with Gasteiger partial charge >= 0.3 is 0 Å². The molecule has 1 unspecified atom stereocenters. The van der Waals surface area contributed by atoms with Gasteiger partial charge in [0, 0.05) is 18.0 Å². The number of benzene rings is 2. The van der Waals surface area contributed by atoms with Gasteiger partial charge in [0.1, 0.15) is 5.75 Å². The molecule has 2 aromatic carbocycles. The van der Waals surface area contributed by atoms with Crippen LogP contribution in [0, 0.1) is 5.41 Å². The molecule has 5 heteroatoms. The summed E-state index contributed by atoms with van der Waals surface area (Å²) in [6.07, 6.45) is 6.99. The minimum absolute atomic E-state index is 0.00400. The van der Waals surface area contributed by atoms with Crippen molar-refractivity contribution in [2.45, 2.75) is 44.2 Å². The number of hydrogen-bond donors (Lipinski definition) is 1. The largest absolute Gasteiger partial charge is 0.497 e. The number of fused-ring (bicyclic) bond motifs is 3. The summed E-state index contributed by atoms with van der Waals surface area (Å²) >= 11 is 0. The fraction of sp³-hybridized carbons (Fsp3) is 0.435. The number of rotatable bonds is 2. The predicted molar refractivity (Wildman–Crippen MR) is 110 cm³/mol. The zero-order valence-electron chi connectivity index (χ0n) is 16.6. The summed E-state index contributed by atoms with van der Waals surface area (Å²) in [7, 11) is 3.55. The van der Waals surface area contributed by atoms with Crippen LogP contribution in [0.5, 0.6) is 5.75 Å². The van der Waals surface area contributed by atoms with Crippen molar-refractivity contribution >= 4 is 5.96 Å². The summed E-state index contributed by atoms with van der Waals surface area (Å²) < 4.78 is 5.41. The molecule has 1 atom stereocenters. The van der Waals surface area contributed by atoms with Gasteiger partial charge in [-0.15, -0.1) is 0 Å². The summed E-state index contributed by atoms with van der Waals surface area (Å²) in [6.45, 7) is 0. The van der Waals surface area contributed by atoms with Crippen LogP contribution in [0.25, 0.3) is 11.1 Å². The summed E-state index contributed by atoms with van der Waals surface area (Å²) in [5.74, 6) is 1.32. The van der Waals surface area contributed by atoms with Crippen LogP contribution in [0.15, 0.2) is 47.5 Å². The first-order chi connectivity index (χ1) is 13.6. The molecule has 3 aliphatic rings. The Labute approximate surface area is 166 Å². The minimum Gasteiger partial charge on any atom is -0.497 e. The maximum Gasteiger partial charge on any atom is 0.220 e. The van der Waals surface area contributed by atoms with Crippen molar-refractivity contribution in [1.82, 2.24) is 5.06 Å². The lowest BCUT2D eigenvalue weighted by Gasteiger charge is -2.43. The van der Waals surface area contributed by atoms with E-state index in [2.05, 4.69) is 30.3 Å². The molecular weight excluding hydrogens is 350 g/mol. The first-order valence-electron chi connectivity index (χ1n) is 10.1. The Morgan fingerprint density at radius 1 is 1.07 bits per heavy atom. The van der Waals surface area contributed by atoms with Crippen LogP contribution in [0.4, 0.5) is 0 Å². The summed E-state index contributed by atoms with van der Waals surface area (Å²) in [5.41, 5.74) is 10.3. The van der Waals surface area contributed by atoms with E-state index in [1.165, 1.54) is 30.4 Å². The number of nitrogens with zero attached hydrogens (tertiary/aromatic N) is 2. The molecule has 28 heavy (non-hydrogen) atoms. The molecule has 2 N–H and O–H groups in total. The van der Waals surface area contributed by atoms with Gasteiger partial charge in [-0.2, -0.15) is 0 Å². The molecule has 0 radical (unpaired) electrons. The second-order valence-electron chi connectivity index (χ2n) is 8.32. The number of hydrogen-bond acceptors (Lipinski definition) is 5. The SMILES string of the molecule is COc1cccc(-c2ccc3c(c2)C2(N=C(N)N(C)O2)C2(CCCCC2)C3)c1. The Morgan fingerprint density at radius 3 is 2.57 bits per heavy atom. The summed E-state index contributed by atoms with van der Waals surface area (Å²) in [5, 5.41) is 1.64. The highest BCUT2D eigenvalue weighted by atomic mass is 16.7. The molecule has 5 rings (SSSR count). The number of ether oxygens (including phenoxy) is 1. The Balaban J connectivity index is 1.66. The van der Waals surface area contributed by atoms with Gasteiger partial charge in [0.05, 0.1) is 7.11 Å². The van der Waals surface area contributed by atoms with Crippen molar-refractivity contribution in [2.24, 2.45) is 16.1 Å². The molecule has 146 valence electrons. The normalized spacial score (nSPS) is 25.2. The topological polar surface area (TPSA) is 60.1 Å². The van der Waals surface area contributed by atoms with Crippen molar-refractivity contribution in [2.75, 3.05) is 14.2 Å². The molecule has 0 amide bonds. The summed E-state index contributed by atoms with van der Waals surface area (Å²) in [6, 6.07) is 14.9. The molecule has 2 aliphatic carbocycles. The molecule has 1 heterocycles. The zero-order valence-corrected chi connectivity index (χ0v) is 16.6. The molecular formula is C23H27N3O2. The minimum atomic E-state index is -0.698. The Hall–Kier alpha value is -2.53. The van der Waals surface area contributed by atoms with E-state index in [9.17, 15) is 0 Å². The lowest BCUT2D eigenvalue weighted by Crippen LogP contribution is -2.44. The maximum absolute atomic E-state index is 6.46. The van der Waals surface area contributed by atoms with E-state index in [4.69, 9.17) is 20.3 Å². The van der Waals surface area contributed by atoms with Crippen molar-refractivity contribution in [3.8, 4) is 16.9 Å². The molecule has 5 nitrogen and oxygen atoms in total. The van der Waals surface area contributed by atoms with Gasteiger partial charge in [0.25, 0.3) is 0 Å². The van der Waals surface area contributed by atoms with Crippen LogP contribution in [-0.4, -0.2) is 25.2 Å². The van der Waals surface area contributed by atoms with Crippen molar-refractivity contribution < 1.29 is 9.57 Å². The number of guanidine groups is 1. The molecule has 1 aliphatic heterocycles. The fourth-order valence-electron chi connectivity index (χ4n) is 5.36. The van der Waals surface area contributed by atoms with E-state index in [0.717, 1.165) is 36.1 Å². The highest BCUT2D eigenvalue weighted by Gasteiger charge is 2.62. The Morgan fingerprint density at radius 2 is 1.86 bits per heavy atom. The van der Waals surface area contributed by atoms with E-state index < -0.39 is 5.72 Å². The smallest absolute Gasteiger partial charge is 0.220 e. The predicted octanol–water partition coefficient (Wildman–Crippen LogP) is 4.21. The van der Waals surface area contributed by atoms with Gasteiger partial charge in [0.2, 0.25) is 11.7 Å². The lowest BCUT2D eigenvalue weighted by atomic mass is 9.67. The number of methoxy groups -OCH3 is 1. The van der Waals surface area contributed by atoms with Gasteiger partial charge in [-0.1, -0.05) is 43.5 Å². The van der Waals surface area contributed by atoms with Crippen molar-refractivity contribution in [3.63, 3.8) is 0 Å². The standard InChI is InChI=1S/C23H27N3O2/c1-26-21(24)25-23(28-26)20-14-17(16-7-6-8-19(13-16)27-2)9-10-18(20)15-22(23)11-4-3-5-12-22/h6-10,13-14H,3-5,11-12,15H2,1-2H3,(H2,24,25). The Bertz CT molecular complexity index is 949. The molecule has 2 aromatic rings. The quantitative estimate of drug-likeness (QED) is 0.851. The van der Waals surface area contributed by atoms with Crippen molar-refractivity contribution in [3.05, 3.63) is 53.6 Å². The molecule has 0 bridgehead atoms. The van der Waals surface area contributed by atoms with E-state index in [0.29, 0.717) is 5.96 Å². The van der Waals surface area contributed by atoms with Crippen LogP contribution < -0.4 is 10.5 Å². The Kier molecular flexibility index (Phi) is 3.91. The van der Waals surface area contributed by atoms with Gasteiger partial charge in [0.15, 0.2) is 0 Å². The van der Waals surface area contributed by atoms with E-state index in [-0.39, 0.29) is 5.41 Å². The average molecular weight is 377 g/mol. The second-order valence-corrected chi connectivity index (χ2v) is 8.32. The van der Waals surface area contributed by atoms with Crippen LogP contribution in [0.3, 0.4) is 0 Å². The van der Waals surface area contributed by atoms with Crippen molar-refractivity contribution in [1.29, 1.82) is 0 Å². The molecule has 1 fully saturated rings. The van der Waals surface area contributed by atoms with Crippen LogP contribution in [0.1, 0.15) is 43.2 Å². The number of nitrogens with two attached hydrogens (primary N) is 1. The number of hydroxylamine groups is 2.